The van der Waals surface area contributed by atoms with Crippen LogP contribution in [0.5, 0.6) is 0 Å². The van der Waals surface area contributed by atoms with Gasteiger partial charge in [-0.2, -0.15) is 4.98 Å². The largest absolute Gasteiger partial charge is 0.338 e. The van der Waals surface area contributed by atoms with E-state index in [1.807, 2.05) is 0 Å². The van der Waals surface area contributed by atoms with Gasteiger partial charge >= 0.3 is 0 Å². The molecule has 15 heavy (non-hydrogen) atoms. The molecule has 1 fully saturated rings. The molecule has 0 saturated carbocycles. The molecule has 0 radical (unpaired) electrons. The van der Waals surface area contributed by atoms with Gasteiger partial charge in [-0.25, -0.2) is 4.98 Å². The Morgan fingerprint density at radius 2 is 2.20 bits per heavy atom. The summed E-state index contributed by atoms with van der Waals surface area (Å²) in [6, 6.07) is 1.79. The van der Waals surface area contributed by atoms with Crippen LogP contribution in [0.3, 0.4) is 0 Å². The third-order valence-electron chi connectivity index (χ3n) is 2.34. The number of nitrogens with one attached hydrogen (secondary N) is 1. The molecular formula is C9H14ClN5. The molecule has 1 saturated heterocycles. The van der Waals surface area contributed by atoms with E-state index in [0.717, 1.165) is 37.9 Å². The second-order valence-corrected chi connectivity index (χ2v) is 3.94. The zero-order valence-corrected chi connectivity index (χ0v) is 9.41. The van der Waals surface area contributed by atoms with Crippen LogP contribution in [0.4, 0.5) is 11.8 Å². The van der Waals surface area contributed by atoms with Crippen LogP contribution >= 0.6 is 11.8 Å². The molecule has 0 aromatic carbocycles. The van der Waals surface area contributed by atoms with Crippen molar-refractivity contribution < 1.29 is 0 Å². The molecular weight excluding hydrogens is 214 g/mol. The summed E-state index contributed by atoms with van der Waals surface area (Å²) in [5.74, 6) is 1.47. The fourth-order valence-electron chi connectivity index (χ4n) is 1.53. The van der Waals surface area contributed by atoms with Gasteiger partial charge in [-0.3, -0.25) is 4.42 Å². The van der Waals surface area contributed by atoms with Crippen LogP contribution in [0.2, 0.25) is 0 Å². The van der Waals surface area contributed by atoms with Crippen LogP contribution in [0.25, 0.3) is 0 Å². The summed E-state index contributed by atoms with van der Waals surface area (Å²) in [5.41, 5.74) is 0. The van der Waals surface area contributed by atoms with Crippen molar-refractivity contribution in [2.24, 2.45) is 0 Å². The Labute approximate surface area is 94.2 Å². The summed E-state index contributed by atoms with van der Waals surface area (Å²) in [4.78, 5) is 10.8. The van der Waals surface area contributed by atoms with Crippen molar-refractivity contribution in [1.29, 1.82) is 0 Å². The predicted octanol–water partition coefficient (Wildman–Crippen LogP) is 0.476. The lowest BCUT2D eigenvalue weighted by Crippen LogP contribution is -2.44. The molecule has 0 bridgehead atoms. The van der Waals surface area contributed by atoms with E-state index in [1.54, 1.807) is 19.3 Å². The highest BCUT2D eigenvalue weighted by molar-refractivity contribution is 6.24. The molecule has 0 aliphatic carbocycles. The Morgan fingerprint density at radius 1 is 1.47 bits per heavy atom. The van der Waals surface area contributed by atoms with Crippen molar-refractivity contribution in [3.63, 3.8) is 0 Å². The molecule has 0 amide bonds. The molecule has 6 heteroatoms. The molecule has 0 spiro atoms. The number of halogens is 1. The SMILES string of the molecule is CN(Cl)c1ccnc(N2CCNCC2)n1. The molecule has 0 atom stereocenters. The number of piperazine rings is 1. The van der Waals surface area contributed by atoms with E-state index < -0.39 is 0 Å². The highest BCUT2D eigenvalue weighted by Gasteiger charge is 2.13. The molecule has 1 aromatic rings. The Balaban J connectivity index is 2.16. The summed E-state index contributed by atoms with van der Waals surface area (Å²) in [7, 11) is 1.76. The lowest BCUT2D eigenvalue weighted by molar-refractivity contribution is 0.580. The maximum absolute atomic E-state index is 5.83. The maximum Gasteiger partial charge on any atom is 0.227 e. The van der Waals surface area contributed by atoms with Crippen LogP contribution in [-0.2, 0) is 0 Å². The van der Waals surface area contributed by atoms with Gasteiger partial charge in [0.1, 0.15) is 5.82 Å². The molecule has 5 nitrogen and oxygen atoms in total. The zero-order valence-electron chi connectivity index (χ0n) is 8.65. The monoisotopic (exact) mass is 227 g/mol. The number of nitrogens with zero attached hydrogens (tertiary/aromatic N) is 4. The van der Waals surface area contributed by atoms with Crippen molar-refractivity contribution in [3.8, 4) is 0 Å². The third kappa shape index (κ3) is 2.49. The maximum atomic E-state index is 5.83. The Kier molecular flexibility index (Phi) is 3.23. The van der Waals surface area contributed by atoms with Crippen LogP contribution < -0.4 is 14.6 Å². The molecule has 1 aromatic heterocycles. The van der Waals surface area contributed by atoms with E-state index >= 15 is 0 Å². The van der Waals surface area contributed by atoms with E-state index in [9.17, 15) is 0 Å². The van der Waals surface area contributed by atoms with Crippen molar-refractivity contribution in [2.45, 2.75) is 0 Å². The van der Waals surface area contributed by atoms with Crippen molar-refractivity contribution in [2.75, 3.05) is 42.5 Å². The van der Waals surface area contributed by atoms with Crippen LogP contribution in [-0.4, -0.2) is 43.2 Å². The summed E-state index contributed by atoms with van der Waals surface area (Å²) in [6.45, 7) is 3.83. The topological polar surface area (TPSA) is 44.3 Å². The minimum Gasteiger partial charge on any atom is -0.338 e. The summed E-state index contributed by atoms with van der Waals surface area (Å²) in [6.07, 6.45) is 1.73. The van der Waals surface area contributed by atoms with Crippen LogP contribution in [0.15, 0.2) is 12.3 Å². The average Bonchev–Trinajstić information content (AvgIpc) is 2.30. The summed E-state index contributed by atoms with van der Waals surface area (Å²) in [5, 5.41) is 3.29. The standard InChI is InChI=1S/C9H14ClN5/c1-14(10)8-2-3-12-9(13-8)15-6-4-11-5-7-15/h2-3,11H,4-7H2,1H3. The van der Waals surface area contributed by atoms with Gasteiger partial charge in [-0.05, 0) is 0 Å². The predicted molar refractivity (Wildman–Crippen MR) is 61.4 cm³/mol. The number of hydrogen-bond donors (Lipinski definition) is 1. The van der Waals surface area contributed by atoms with Gasteiger partial charge in [0.15, 0.2) is 0 Å². The average molecular weight is 228 g/mol. The van der Waals surface area contributed by atoms with E-state index in [4.69, 9.17) is 11.8 Å². The first kappa shape index (κ1) is 10.4. The number of hydrogen-bond acceptors (Lipinski definition) is 5. The Hall–Kier alpha value is -1.07. The molecule has 0 unspecified atom stereocenters. The fraction of sp³-hybridized carbons (Fsp3) is 0.556. The highest BCUT2D eigenvalue weighted by atomic mass is 35.5. The van der Waals surface area contributed by atoms with Gasteiger partial charge in [0, 0.05) is 57.3 Å². The number of rotatable bonds is 2. The van der Waals surface area contributed by atoms with E-state index in [2.05, 4.69) is 20.2 Å². The molecule has 1 aliphatic rings. The lowest BCUT2D eigenvalue weighted by atomic mass is 10.4. The second-order valence-electron chi connectivity index (χ2n) is 3.43. The van der Waals surface area contributed by atoms with E-state index in [1.165, 1.54) is 4.42 Å². The van der Waals surface area contributed by atoms with Crippen molar-refractivity contribution in [1.82, 2.24) is 15.3 Å². The first-order valence-corrected chi connectivity index (χ1v) is 5.29. The van der Waals surface area contributed by atoms with E-state index in [0.29, 0.717) is 0 Å². The third-order valence-corrected chi connectivity index (χ3v) is 2.52. The van der Waals surface area contributed by atoms with Gasteiger partial charge in [-0.1, -0.05) is 0 Å². The molecule has 2 heterocycles. The summed E-state index contributed by atoms with van der Waals surface area (Å²) >= 11 is 5.83. The molecule has 2 rings (SSSR count). The minimum atomic E-state index is 0.722. The van der Waals surface area contributed by atoms with Gasteiger partial charge in [0.05, 0.1) is 0 Å². The Morgan fingerprint density at radius 3 is 2.87 bits per heavy atom. The smallest absolute Gasteiger partial charge is 0.227 e. The molecule has 82 valence electrons. The molecule has 1 N–H and O–H groups in total. The van der Waals surface area contributed by atoms with Crippen molar-refractivity contribution in [3.05, 3.63) is 12.3 Å². The summed E-state index contributed by atoms with van der Waals surface area (Å²) < 4.78 is 1.47. The number of anilines is 2. The minimum absolute atomic E-state index is 0.722. The van der Waals surface area contributed by atoms with Crippen molar-refractivity contribution >= 4 is 23.5 Å². The first-order valence-electron chi connectivity index (χ1n) is 4.95. The van der Waals surface area contributed by atoms with Gasteiger partial charge < -0.3 is 10.2 Å². The quantitative estimate of drug-likeness (QED) is 0.745. The Bertz CT molecular complexity index is 324. The first-order chi connectivity index (χ1) is 7.27. The van der Waals surface area contributed by atoms with Crippen LogP contribution in [0.1, 0.15) is 0 Å². The van der Waals surface area contributed by atoms with Gasteiger partial charge in [0.2, 0.25) is 5.95 Å². The van der Waals surface area contributed by atoms with Gasteiger partial charge in [-0.15, -0.1) is 0 Å². The van der Waals surface area contributed by atoms with Gasteiger partial charge in [0.25, 0.3) is 0 Å². The lowest BCUT2D eigenvalue weighted by Gasteiger charge is -2.27. The second kappa shape index (κ2) is 4.63. The molecule has 1 aliphatic heterocycles. The highest BCUT2D eigenvalue weighted by Crippen LogP contribution is 2.15. The number of aromatic nitrogens is 2. The van der Waals surface area contributed by atoms with Crippen LogP contribution in [0, 0.1) is 0 Å². The van der Waals surface area contributed by atoms with E-state index in [-0.39, 0.29) is 0 Å². The zero-order chi connectivity index (χ0) is 10.7. The normalized spacial score (nSPS) is 16.5. The fourth-order valence-corrected chi connectivity index (χ4v) is 1.62.